The first-order valence-electron chi connectivity index (χ1n) is 3.39. The Morgan fingerprint density at radius 3 is 1.92 bits per heavy atom. The van der Waals surface area contributed by atoms with Gasteiger partial charge in [-0.25, -0.2) is 9.97 Å². The van der Waals surface area contributed by atoms with Gasteiger partial charge in [-0.3, -0.25) is 0 Å². The number of aromatic nitrogens is 2. The molecule has 0 aliphatic carbocycles. The second-order valence-electron chi connectivity index (χ2n) is 1.93. The van der Waals surface area contributed by atoms with Crippen molar-refractivity contribution in [2.75, 3.05) is 0 Å². The lowest BCUT2D eigenvalue weighted by Crippen LogP contribution is -2.10. The number of nitrogens with zero attached hydrogens (tertiary/aromatic N) is 2. The summed E-state index contributed by atoms with van der Waals surface area (Å²) in [5.41, 5.74) is 0. The van der Waals surface area contributed by atoms with Crippen LogP contribution in [0.2, 0.25) is 0 Å². The molecular formula is C6H4BN2O2S2. The molecule has 0 aromatic carbocycles. The maximum absolute atomic E-state index is 5.05. The van der Waals surface area contributed by atoms with Gasteiger partial charge < -0.3 is 9.31 Å². The highest BCUT2D eigenvalue weighted by Gasteiger charge is 2.03. The van der Waals surface area contributed by atoms with Crippen molar-refractivity contribution in [1.82, 2.24) is 9.97 Å². The number of rotatable bonds is 4. The molecule has 0 spiro atoms. The minimum atomic E-state index is 0.552. The van der Waals surface area contributed by atoms with E-state index in [1.54, 1.807) is 12.4 Å². The van der Waals surface area contributed by atoms with E-state index in [4.69, 9.17) is 9.31 Å². The number of hydrogen-bond donors (Lipinski definition) is 0. The third-order valence-electron chi connectivity index (χ3n) is 1.12. The van der Waals surface area contributed by atoms with Gasteiger partial charge in [0, 0.05) is 23.2 Å². The average molecular weight is 211 g/mol. The molecule has 65 valence electrons. The minimum absolute atomic E-state index is 0.552. The van der Waals surface area contributed by atoms with Gasteiger partial charge in [-0.1, -0.05) is 22.7 Å². The van der Waals surface area contributed by atoms with Gasteiger partial charge in [0.25, 0.3) is 10.4 Å². The first kappa shape index (κ1) is 8.52. The molecule has 0 atom stereocenters. The summed E-state index contributed by atoms with van der Waals surface area (Å²) in [5, 5.41) is 4.76. The lowest BCUT2D eigenvalue weighted by atomic mass is 10.4. The van der Waals surface area contributed by atoms with Crippen molar-refractivity contribution in [2.24, 2.45) is 0 Å². The molecule has 0 bridgehead atoms. The van der Waals surface area contributed by atoms with Crippen LogP contribution in [0.25, 0.3) is 0 Å². The summed E-state index contributed by atoms with van der Waals surface area (Å²) in [7, 11) is 1.22. The van der Waals surface area contributed by atoms with Crippen LogP contribution in [0.3, 0.4) is 0 Å². The molecule has 7 heteroatoms. The summed E-state index contributed by atoms with van der Waals surface area (Å²) in [5.74, 6) is 0. The predicted octanol–water partition coefficient (Wildman–Crippen LogP) is 1.59. The van der Waals surface area contributed by atoms with Crippen LogP contribution >= 0.6 is 22.7 Å². The maximum Gasteiger partial charge on any atom is 0.661 e. The first-order chi connectivity index (χ1) is 6.45. The van der Waals surface area contributed by atoms with Crippen LogP contribution in [-0.2, 0) is 0 Å². The van der Waals surface area contributed by atoms with Crippen LogP contribution in [0, 0.1) is 0 Å². The molecule has 2 rings (SSSR count). The minimum Gasteiger partial charge on any atom is -0.504 e. The van der Waals surface area contributed by atoms with Gasteiger partial charge in [0.1, 0.15) is 0 Å². The average Bonchev–Trinajstić information content (AvgIpc) is 2.75. The second kappa shape index (κ2) is 4.24. The number of hydrogen-bond acceptors (Lipinski definition) is 6. The highest BCUT2D eigenvalue weighted by Crippen LogP contribution is 2.15. The molecule has 0 saturated carbocycles. The first-order valence-corrected chi connectivity index (χ1v) is 5.15. The SMILES string of the molecule is [B](Oc1nccs1)Oc1nccs1. The Hall–Kier alpha value is -1.08. The van der Waals surface area contributed by atoms with Crippen molar-refractivity contribution in [3.8, 4) is 10.4 Å². The Morgan fingerprint density at radius 2 is 1.54 bits per heavy atom. The molecule has 0 unspecified atom stereocenters. The van der Waals surface area contributed by atoms with Gasteiger partial charge in [0.15, 0.2) is 0 Å². The zero-order valence-corrected chi connectivity index (χ0v) is 8.05. The van der Waals surface area contributed by atoms with Crippen molar-refractivity contribution in [2.45, 2.75) is 0 Å². The summed E-state index contributed by atoms with van der Waals surface area (Å²) in [6, 6.07) is 0. The van der Waals surface area contributed by atoms with E-state index in [0.717, 1.165) is 0 Å². The fourth-order valence-corrected chi connectivity index (χ4v) is 1.55. The van der Waals surface area contributed by atoms with E-state index in [1.807, 2.05) is 10.8 Å². The lowest BCUT2D eigenvalue weighted by Gasteiger charge is -1.98. The van der Waals surface area contributed by atoms with Crippen LogP contribution in [0.1, 0.15) is 0 Å². The summed E-state index contributed by atoms with van der Waals surface area (Å²) in [6.07, 6.45) is 3.33. The Balaban J connectivity index is 1.76. The summed E-state index contributed by atoms with van der Waals surface area (Å²) in [6.45, 7) is 0. The zero-order valence-electron chi connectivity index (χ0n) is 6.41. The van der Waals surface area contributed by atoms with Gasteiger partial charge in [-0.05, 0) is 0 Å². The molecule has 0 amide bonds. The Labute approximate surface area is 83.5 Å². The van der Waals surface area contributed by atoms with Crippen LogP contribution < -0.4 is 9.31 Å². The van der Waals surface area contributed by atoms with Crippen molar-refractivity contribution in [1.29, 1.82) is 0 Å². The summed E-state index contributed by atoms with van der Waals surface area (Å²) < 4.78 is 10.1. The summed E-state index contributed by atoms with van der Waals surface area (Å²) >= 11 is 2.80. The van der Waals surface area contributed by atoms with Gasteiger partial charge in [-0.15, -0.1) is 0 Å². The Kier molecular flexibility index (Phi) is 2.78. The highest BCUT2D eigenvalue weighted by atomic mass is 32.1. The van der Waals surface area contributed by atoms with Crippen LogP contribution in [0.5, 0.6) is 10.4 Å². The normalized spacial score (nSPS) is 9.54. The molecule has 2 aromatic rings. The molecule has 13 heavy (non-hydrogen) atoms. The van der Waals surface area contributed by atoms with Gasteiger partial charge in [-0.2, -0.15) is 0 Å². The summed E-state index contributed by atoms with van der Waals surface area (Å²) in [4.78, 5) is 7.81. The fourth-order valence-electron chi connectivity index (χ4n) is 0.643. The van der Waals surface area contributed by atoms with E-state index in [9.17, 15) is 0 Å². The monoisotopic (exact) mass is 211 g/mol. The van der Waals surface area contributed by atoms with Crippen LogP contribution in [0.4, 0.5) is 0 Å². The Morgan fingerprint density at radius 1 is 1.00 bits per heavy atom. The molecule has 2 aromatic heterocycles. The molecule has 0 N–H and O–H groups in total. The van der Waals surface area contributed by atoms with E-state index in [2.05, 4.69) is 9.97 Å². The van der Waals surface area contributed by atoms with Crippen LogP contribution in [0.15, 0.2) is 23.2 Å². The molecule has 0 saturated heterocycles. The largest absolute Gasteiger partial charge is 0.661 e. The van der Waals surface area contributed by atoms with E-state index in [1.165, 1.54) is 30.4 Å². The van der Waals surface area contributed by atoms with Crippen molar-refractivity contribution in [3.63, 3.8) is 0 Å². The predicted molar refractivity (Wildman–Crippen MR) is 51.2 cm³/mol. The van der Waals surface area contributed by atoms with E-state index in [0.29, 0.717) is 10.4 Å². The molecule has 0 aliphatic rings. The lowest BCUT2D eigenvalue weighted by molar-refractivity contribution is 0.455. The smallest absolute Gasteiger partial charge is 0.504 e. The second-order valence-corrected chi connectivity index (χ2v) is 3.64. The molecule has 1 radical (unpaired) electrons. The highest BCUT2D eigenvalue weighted by molar-refractivity contribution is 7.12. The van der Waals surface area contributed by atoms with Crippen molar-refractivity contribution >= 4 is 30.4 Å². The van der Waals surface area contributed by atoms with Gasteiger partial charge in [0.05, 0.1) is 0 Å². The molecule has 0 fully saturated rings. The van der Waals surface area contributed by atoms with Gasteiger partial charge >= 0.3 is 7.69 Å². The zero-order chi connectivity index (χ0) is 8.93. The quantitative estimate of drug-likeness (QED) is 0.720. The maximum atomic E-state index is 5.05. The third kappa shape index (κ3) is 2.43. The molecule has 2 heterocycles. The van der Waals surface area contributed by atoms with E-state index >= 15 is 0 Å². The van der Waals surface area contributed by atoms with Crippen molar-refractivity contribution in [3.05, 3.63) is 23.2 Å². The van der Waals surface area contributed by atoms with E-state index < -0.39 is 0 Å². The fraction of sp³-hybridized carbons (Fsp3) is 0. The molecule has 4 nitrogen and oxygen atoms in total. The molecule has 0 aliphatic heterocycles. The third-order valence-corrected chi connectivity index (χ3v) is 2.44. The topological polar surface area (TPSA) is 44.2 Å². The van der Waals surface area contributed by atoms with Crippen LogP contribution in [-0.4, -0.2) is 17.7 Å². The van der Waals surface area contributed by atoms with Gasteiger partial charge in [0.2, 0.25) is 0 Å². The molecular weight excluding hydrogens is 207 g/mol. The van der Waals surface area contributed by atoms with E-state index in [-0.39, 0.29) is 0 Å². The standard InChI is InChI=1S/C6H4BN2O2S2/c1-3-12-5(8-1)10-7-11-6-9-2-4-13-6/h1-4H. The van der Waals surface area contributed by atoms with Crippen molar-refractivity contribution < 1.29 is 9.31 Å². The Bertz CT molecular complexity index is 303. The number of thiazole rings is 2.